The molecule has 0 unspecified atom stereocenters. The van der Waals surface area contributed by atoms with Gasteiger partial charge in [0.15, 0.2) is 0 Å². The zero-order chi connectivity index (χ0) is 11.4. The van der Waals surface area contributed by atoms with Gasteiger partial charge in [0.1, 0.15) is 0 Å². The first-order chi connectivity index (χ1) is 7.83. The van der Waals surface area contributed by atoms with Crippen molar-refractivity contribution in [3.63, 3.8) is 0 Å². The number of benzene rings is 1. The fraction of sp³-hybridized carbons (Fsp3) is 0.600. The molecule has 0 saturated carbocycles. The van der Waals surface area contributed by atoms with Crippen molar-refractivity contribution in [3.8, 4) is 0 Å². The third-order valence-electron chi connectivity index (χ3n) is 3.74. The SMILES string of the molecule is CCC(CC)NCc1ccc2c(c1)CCC2. The molecule has 2 rings (SSSR count). The molecule has 0 aromatic heterocycles. The summed E-state index contributed by atoms with van der Waals surface area (Å²) >= 11 is 0. The summed E-state index contributed by atoms with van der Waals surface area (Å²) in [7, 11) is 0. The summed E-state index contributed by atoms with van der Waals surface area (Å²) in [6, 6.07) is 7.69. The summed E-state index contributed by atoms with van der Waals surface area (Å²) in [5.41, 5.74) is 4.61. The molecular weight excluding hydrogens is 194 g/mol. The molecule has 0 heterocycles. The molecule has 1 heteroatoms. The Morgan fingerprint density at radius 2 is 1.88 bits per heavy atom. The van der Waals surface area contributed by atoms with Crippen LogP contribution < -0.4 is 5.32 Å². The minimum absolute atomic E-state index is 0.674. The van der Waals surface area contributed by atoms with Gasteiger partial charge in [0.2, 0.25) is 0 Å². The Bertz CT molecular complexity index is 339. The van der Waals surface area contributed by atoms with Crippen molar-refractivity contribution in [1.29, 1.82) is 0 Å². The van der Waals surface area contributed by atoms with E-state index in [1.165, 1.54) is 37.7 Å². The standard InChI is InChI=1S/C15H23N/c1-3-15(4-2)16-11-12-8-9-13-6-5-7-14(13)10-12/h8-10,15-16H,3-7,11H2,1-2H3. The van der Waals surface area contributed by atoms with Gasteiger partial charge in [-0.25, -0.2) is 0 Å². The van der Waals surface area contributed by atoms with E-state index in [4.69, 9.17) is 0 Å². The fourth-order valence-corrected chi connectivity index (χ4v) is 2.57. The zero-order valence-electron chi connectivity index (χ0n) is 10.6. The fourth-order valence-electron chi connectivity index (χ4n) is 2.57. The van der Waals surface area contributed by atoms with Crippen molar-refractivity contribution in [2.75, 3.05) is 0 Å². The van der Waals surface area contributed by atoms with Gasteiger partial charge in [0.05, 0.1) is 0 Å². The average molecular weight is 217 g/mol. The Balaban J connectivity index is 1.95. The van der Waals surface area contributed by atoms with E-state index in [1.807, 2.05) is 0 Å². The van der Waals surface area contributed by atoms with E-state index < -0.39 is 0 Å². The Morgan fingerprint density at radius 1 is 1.12 bits per heavy atom. The maximum Gasteiger partial charge on any atom is 0.0208 e. The van der Waals surface area contributed by atoms with Gasteiger partial charge in [-0.1, -0.05) is 32.0 Å². The summed E-state index contributed by atoms with van der Waals surface area (Å²) in [5.74, 6) is 0. The van der Waals surface area contributed by atoms with Crippen LogP contribution in [0.25, 0.3) is 0 Å². The van der Waals surface area contributed by atoms with Crippen molar-refractivity contribution in [2.45, 2.75) is 58.5 Å². The van der Waals surface area contributed by atoms with Crippen LogP contribution in [0, 0.1) is 0 Å². The molecule has 1 nitrogen and oxygen atoms in total. The second kappa shape index (κ2) is 5.49. The summed E-state index contributed by atoms with van der Waals surface area (Å²) in [4.78, 5) is 0. The number of aryl methyl sites for hydroxylation is 2. The first kappa shape index (κ1) is 11.7. The highest BCUT2D eigenvalue weighted by atomic mass is 14.9. The van der Waals surface area contributed by atoms with Crippen molar-refractivity contribution >= 4 is 0 Å². The third-order valence-corrected chi connectivity index (χ3v) is 3.74. The second-order valence-corrected chi connectivity index (χ2v) is 4.85. The van der Waals surface area contributed by atoms with Crippen molar-refractivity contribution < 1.29 is 0 Å². The van der Waals surface area contributed by atoms with E-state index in [0.717, 1.165) is 6.54 Å². The Hall–Kier alpha value is -0.820. The van der Waals surface area contributed by atoms with Gasteiger partial charge in [0, 0.05) is 12.6 Å². The number of hydrogen-bond acceptors (Lipinski definition) is 1. The first-order valence-electron chi connectivity index (χ1n) is 6.67. The van der Waals surface area contributed by atoms with Crippen molar-refractivity contribution in [1.82, 2.24) is 5.32 Å². The minimum atomic E-state index is 0.674. The molecule has 1 aromatic rings. The highest BCUT2D eigenvalue weighted by Crippen LogP contribution is 2.22. The predicted octanol–water partition coefficient (Wildman–Crippen LogP) is 3.45. The normalized spacial score (nSPS) is 14.4. The molecular formula is C15H23N. The number of rotatable bonds is 5. The lowest BCUT2D eigenvalue weighted by Crippen LogP contribution is -2.27. The largest absolute Gasteiger partial charge is 0.310 e. The molecule has 16 heavy (non-hydrogen) atoms. The maximum absolute atomic E-state index is 3.63. The molecule has 0 amide bonds. The molecule has 0 radical (unpaired) electrons. The van der Waals surface area contributed by atoms with Gasteiger partial charge in [-0.3, -0.25) is 0 Å². The summed E-state index contributed by atoms with van der Waals surface area (Å²) in [6.07, 6.45) is 6.37. The Morgan fingerprint density at radius 3 is 2.62 bits per heavy atom. The molecule has 1 N–H and O–H groups in total. The van der Waals surface area contributed by atoms with Crippen LogP contribution in [0.2, 0.25) is 0 Å². The first-order valence-corrected chi connectivity index (χ1v) is 6.67. The molecule has 0 aliphatic heterocycles. The van der Waals surface area contributed by atoms with Crippen LogP contribution in [-0.4, -0.2) is 6.04 Å². The van der Waals surface area contributed by atoms with Gasteiger partial charge in [-0.15, -0.1) is 0 Å². The monoisotopic (exact) mass is 217 g/mol. The Labute approximate surface area is 99.3 Å². The minimum Gasteiger partial charge on any atom is -0.310 e. The molecule has 0 saturated heterocycles. The third kappa shape index (κ3) is 2.65. The van der Waals surface area contributed by atoms with E-state index in [1.54, 1.807) is 11.1 Å². The van der Waals surface area contributed by atoms with Gasteiger partial charge < -0.3 is 5.32 Å². The van der Waals surface area contributed by atoms with Crippen LogP contribution >= 0.6 is 0 Å². The molecule has 88 valence electrons. The highest BCUT2D eigenvalue weighted by Gasteiger charge is 2.11. The van der Waals surface area contributed by atoms with Gasteiger partial charge in [-0.2, -0.15) is 0 Å². The summed E-state index contributed by atoms with van der Waals surface area (Å²) in [6.45, 7) is 5.54. The maximum atomic E-state index is 3.63. The van der Waals surface area contributed by atoms with E-state index in [2.05, 4.69) is 37.4 Å². The van der Waals surface area contributed by atoms with Crippen LogP contribution in [0.15, 0.2) is 18.2 Å². The van der Waals surface area contributed by atoms with Crippen LogP contribution in [0.5, 0.6) is 0 Å². The van der Waals surface area contributed by atoms with Crippen LogP contribution in [0.3, 0.4) is 0 Å². The quantitative estimate of drug-likeness (QED) is 0.796. The van der Waals surface area contributed by atoms with Gasteiger partial charge in [0.25, 0.3) is 0 Å². The smallest absolute Gasteiger partial charge is 0.0208 e. The molecule has 0 spiro atoms. The zero-order valence-corrected chi connectivity index (χ0v) is 10.6. The predicted molar refractivity (Wildman–Crippen MR) is 69.7 cm³/mol. The number of fused-ring (bicyclic) bond motifs is 1. The molecule has 0 bridgehead atoms. The van der Waals surface area contributed by atoms with E-state index >= 15 is 0 Å². The Kier molecular flexibility index (Phi) is 4.00. The lowest BCUT2D eigenvalue weighted by atomic mass is 10.1. The molecule has 0 atom stereocenters. The van der Waals surface area contributed by atoms with E-state index in [9.17, 15) is 0 Å². The lowest BCUT2D eigenvalue weighted by molar-refractivity contribution is 0.484. The van der Waals surface area contributed by atoms with Crippen LogP contribution in [-0.2, 0) is 19.4 Å². The lowest BCUT2D eigenvalue weighted by Gasteiger charge is -2.15. The summed E-state index contributed by atoms with van der Waals surface area (Å²) < 4.78 is 0. The highest BCUT2D eigenvalue weighted by molar-refractivity contribution is 5.35. The van der Waals surface area contributed by atoms with Gasteiger partial charge in [-0.05, 0) is 48.8 Å². The van der Waals surface area contributed by atoms with Crippen molar-refractivity contribution in [2.24, 2.45) is 0 Å². The van der Waals surface area contributed by atoms with Crippen molar-refractivity contribution in [3.05, 3.63) is 34.9 Å². The molecule has 1 aliphatic carbocycles. The second-order valence-electron chi connectivity index (χ2n) is 4.85. The summed E-state index contributed by atoms with van der Waals surface area (Å²) in [5, 5.41) is 3.63. The van der Waals surface area contributed by atoms with Crippen LogP contribution in [0.1, 0.15) is 49.8 Å². The molecule has 0 fully saturated rings. The van der Waals surface area contributed by atoms with E-state index in [0.29, 0.717) is 6.04 Å². The number of nitrogens with one attached hydrogen (secondary N) is 1. The van der Waals surface area contributed by atoms with Gasteiger partial charge >= 0.3 is 0 Å². The molecule has 1 aliphatic rings. The average Bonchev–Trinajstić information content (AvgIpc) is 2.77. The topological polar surface area (TPSA) is 12.0 Å². The number of hydrogen-bond donors (Lipinski definition) is 1. The van der Waals surface area contributed by atoms with E-state index in [-0.39, 0.29) is 0 Å². The van der Waals surface area contributed by atoms with Crippen LogP contribution in [0.4, 0.5) is 0 Å². The molecule has 1 aromatic carbocycles.